The van der Waals surface area contributed by atoms with Gasteiger partial charge < -0.3 is 0 Å². The molecular weight excluding hydrogens is 260 g/mol. The standard InChI is InChI=1S/C14H19ClN4/c1-3-6-19-9-11(8-17-19)14(18-16)13-5-4-12(15)7-10(13)2/h4-5,7-9,14,18H,3,6,16H2,1-2H3. The first-order valence-electron chi connectivity index (χ1n) is 6.40. The van der Waals surface area contributed by atoms with Gasteiger partial charge in [0, 0.05) is 23.3 Å². The van der Waals surface area contributed by atoms with Crippen molar-refractivity contribution in [1.29, 1.82) is 0 Å². The summed E-state index contributed by atoms with van der Waals surface area (Å²) < 4.78 is 1.94. The molecule has 1 heterocycles. The Kier molecular flexibility index (Phi) is 4.58. The summed E-state index contributed by atoms with van der Waals surface area (Å²) in [6, 6.07) is 5.75. The van der Waals surface area contributed by atoms with E-state index in [1.165, 1.54) is 0 Å². The highest BCUT2D eigenvalue weighted by molar-refractivity contribution is 6.30. The van der Waals surface area contributed by atoms with Crippen molar-refractivity contribution in [2.75, 3.05) is 0 Å². The minimum absolute atomic E-state index is 0.0668. The minimum atomic E-state index is -0.0668. The van der Waals surface area contributed by atoms with E-state index < -0.39 is 0 Å². The summed E-state index contributed by atoms with van der Waals surface area (Å²) in [7, 11) is 0. The van der Waals surface area contributed by atoms with Gasteiger partial charge in [-0.1, -0.05) is 24.6 Å². The molecule has 0 spiro atoms. The Morgan fingerprint density at radius 2 is 2.26 bits per heavy atom. The Bertz CT molecular complexity index is 550. The molecule has 0 aliphatic heterocycles. The van der Waals surface area contributed by atoms with E-state index in [4.69, 9.17) is 17.4 Å². The maximum atomic E-state index is 5.99. The number of aryl methyl sites for hydroxylation is 2. The number of nitrogens with two attached hydrogens (primary N) is 1. The van der Waals surface area contributed by atoms with Crippen LogP contribution in [-0.2, 0) is 6.54 Å². The average Bonchev–Trinajstić information content (AvgIpc) is 2.82. The van der Waals surface area contributed by atoms with Crippen molar-refractivity contribution in [2.45, 2.75) is 32.9 Å². The van der Waals surface area contributed by atoms with Crippen LogP contribution in [0.25, 0.3) is 0 Å². The summed E-state index contributed by atoms with van der Waals surface area (Å²) in [4.78, 5) is 0. The van der Waals surface area contributed by atoms with Crippen molar-refractivity contribution in [1.82, 2.24) is 15.2 Å². The van der Waals surface area contributed by atoms with Gasteiger partial charge in [-0.2, -0.15) is 5.10 Å². The minimum Gasteiger partial charge on any atom is -0.272 e. The molecule has 1 atom stereocenters. The van der Waals surface area contributed by atoms with E-state index in [0.29, 0.717) is 0 Å². The van der Waals surface area contributed by atoms with Gasteiger partial charge in [-0.3, -0.25) is 10.5 Å². The Morgan fingerprint density at radius 1 is 1.47 bits per heavy atom. The van der Waals surface area contributed by atoms with Gasteiger partial charge in [-0.25, -0.2) is 5.43 Å². The predicted octanol–water partition coefficient (Wildman–Crippen LogP) is 2.81. The van der Waals surface area contributed by atoms with Crippen molar-refractivity contribution in [3.8, 4) is 0 Å². The molecule has 3 N–H and O–H groups in total. The first-order valence-corrected chi connectivity index (χ1v) is 6.78. The van der Waals surface area contributed by atoms with E-state index >= 15 is 0 Å². The summed E-state index contributed by atoms with van der Waals surface area (Å²) >= 11 is 5.99. The number of hydrogen-bond acceptors (Lipinski definition) is 3. The van der Waals surface area contributed by atoms with Gasteiger partial charge in [0.1, 0.15) is 0 Å². The molecule has 0 aliphatic carbocycles. The number of aromatic nitrogens is 2. The van der Waals surface area contributed by atoms with Gasteiger partial charge in [0.05, 0.1) is 12.2 Å². The van der Waals surface area contributed by atoms with E-state index in [1.54, 1.807) is 0 Å². The van der Waals surface area contributed by atoms with Gasteiger partial charge in [0.15, 0.2) is 0 Å². The summed E-state index contributed by atoms with van der Waals surface area (Å²) in [5.41, 5.74) is 6.13. The largest absolute Gasteiger partial charge is 0.272 e. The first kappa shape index (κ1) is 14.1. The second kappa shape index (κ2) is 6.19. The van der Waals surface area contributed by atoms with E-state index in [0.717, 1.165) is 34.7 Å². The fourth-order valence-corrected chi connectivity index (χ4v) is 2.44. The van der Waals surface area contributed by atoms with Crippen LogP contribution >= 0.6 is 11.6 Å². The normalized spacial score (nSPS) is 12.6. The molecular formula is C14H19ClN4. The summed E-state index contributed by atoms with van der Waals surface area (Å²) in [6.07, 6.45) is 4.94. The van der Waals surface area contributed by atoms with Crippen LogP contribution in [-0.4, -0.2) is 9.78 Å². The molecule has 5 heteroatoms. The van der Waals surface area contributed by atoms with Crippen LogP contribution in [0.15, 0.2) is 30.6 Å². The number of halogens is 1. The molecule has 1 unspecified atom stereocenters. The SMILES string of the molecule is CCCn1cc(C(NN)c2ccc(Cl)cc2C)cn1. The highest BCUT2D eigenvalue weighted by Crippen LogP contribution is 2.26. The van der Waals surface area contributed by atoms with Crippen molar-refractivity contribution < 1.29 is 0 Å². The number of rotatable bonds is 5. The maximum Gasteiger partial charge on any atom is 0.0743 e. The van der Waals surface area contributed by atoms with Gasteiger partial charge in [-0.15, -0.1) is 0 Å². The number of nitrogens with one attached hydrogen (secondary N) is 1. The monoisotopic (exact) mass is 278 g/mol. The van der Waals surface area contributed by atoms with Gasteiger partial charge in [-0.05, 0) is 36.6 Å². The molecule has 1 aromatic heterocycles. The molecule has 0 saturated carbocycles. The molecule has 0 radical (unpaired) electrons. The van der Waals surface area contributed by atoms with Crippen molar-refractivity contribution in [3.05, 3.63) is 52.3 Å². The number of hydrogen-bond donors (Lipinski definition) is 2. The molecule has 0 amide bonds. The lowest BCUT2D eigenvalue weighted by Crippen LogP contribution is -2.29. The smallest absolute Gasteiger partial charge is 0.0743 e. The van der Waals surface area contributed by atoms with Gasteiger partial charge >= 0.3 is 0 Å². The van der Waals surface area contributed by atoms with Gasteiger partial charge in [0.25, 0.3) is 0 Å². The number of benzene rings is 1. The fraction of sp³-hybridized carbons (Fsp3) is 0.357. The maximum absolute atomic E-state index is 5.99. The molecule has 2 rings (SSSR count). The second-order valence-corrected chi connectivity index (χ2v) is 5.07. The van der Waals surface area contributed by atoms with E-state index in [9.17, 15) is 0 Å². The molecule has 102 valence electrons. The van der Waals surface area contributed by atoms with Crippen LogP contribution in [0, 0.1) is 6.92 Å². The zero-order valence-electron chi connectivity index (χ0n) is 11.2. The van der Waals surface area contributed by atoms with Crippen LogP contribution in [0.5, 0.6) is 0 Å². The third-order valence-electron chi connectivity index (χ3n) is 3.15. The topological polar surface area (TPSA) is 55.9 Å². The van der Waals surface area contributed by atoms with Crippen molar-refractivity contribution >= 4 is 11.6 Å². The van der Waals surface area contributed by atoms with E-state index in [-0.39, 0.29) is 6.04 Å². The van der Waals surface area contributed by atoms with Crippen LogP contribution in [0.4, 0.5) is 0 Å². The quantitative estimate of drug-likeness (QED) is 0.653. The summed E-state index contributed by atoms with van der Waals surface area (Å²) in [5.74, 6) is 5.71. The van der Waals surface area contributed by atoms with E-state index in [1.807, 2.05) is 42.2 Å². The lowest BCUT2D eigenvalue weighted by molar-refractivity contribution is 0.597. The second-order valence-electron chi connectivity index (χ2n) is 4.64. The Morgan fingerprint density at radius 3 is 2.89 bits per heavy atom. The predicted molar refractivity (Wildman–Crippen MR) is 77.9 cm³/mol. The van der Waals surface area contributed by atoms with Crippen molar-refractivity contribution in [3.63, 3.8) is 0 Å². The molecule has 0 fully saturated rings. The van der Waals surface area contributed by atoms with Crippen LogP contribution < -0.4 is 11.3 Å². The molecule has 4 nitrogen and oxygen atoms in total. The molecule has 19 heavy (non-hydrogen) atoms. The number of hydrazine groups is 1. The Hall–Kier alpha value is -1.36. The van der Waals surface area contributed by atoms with Crippen LogP contribution in [0.1, 0.15) is 36.1 Å². The zero-order chi connectivity index (χ0) is 13.8. The molecule has 0 aliphatic rings. The molecule has 1 aromatic carbocycles. The zero-order valence-corrected chi connectivity index (χ0v) is 12.0. The lowest BCUT2D eigenvalue weighted by atomic mass is 9.98. The molecule has 0 bridgehead atoms. The van der Waals surface area contributed by atoms with Crippen LogP contribution in [0.3, 0.4) is 0 Å². The first-order chi connectivity index (χ1) is 9.15. The average molecular weight is 279 g/mol. The Balaban J connectivity index is 2.32. The van der Waals surface area contributed by atoms with Crippen LogP contribution in [0.2, 0.25) is 5.02 Å². The van der Waals surface area contributed by atoms with E-state index in [2.05, 4.69) is 17.4 Å². The van der Waals surface area contributed by atoms with Gasteiger partial charge in [0.2, 0.25) is 0 Å². The lowest BCUT2D eigenvalue weighted by Gasteiger charge is -2.17. The molecule has 0 saturated heterocycles. The number of nitrogens with zero attached hydrogens (tertiary/aromatic N) is 2. The highest BCUT2D eigenvalue weighted by Gasteiger charge is 2.16. The van der Waals surface area contributed by atoms with Crippen molar-refractivity contribution in [2.24, 2.45) is 5.84 Å². The third kappa shape index (κ3) is 3.15. The molecule has 2 aromatic rings. The summed E-state index contributed by atoms with van der Waals surface area (Å²) in [6.45, 7) is 5.07. The Labute approximate surface area is 118 Å². The summed E-state index contributed by atoms with van der Waals surface area (Å²) in [5, 5.41) is 5.08. The fourth-order valence-electron chi connectivity index (χ4n) is 2.21. The third-order valence-corrected chi connectivity index (χ3v) is 3.38. The highest BCUT2D eigenvalue weighted by atomic mass is 35.5.